The molecule has 0 fully saturated rings. The molecule has 0 unspecified atom stereocenters. The Morgan fingerprint density at radius 2 is 1.44 bits per heavy atom. The lowest BCUT2D eigenvalue weighted by Crippen LogP contribution is -2.44. The number of esters is 1. The number of thioether (sulfide) groups is 1. The third-order valence-electron chi connectivity index (χ3n) is 8.76. The summed E-state index contributed by atoms with van der Waals surface area (Å²) in [7, 11) is -1.31. The number of nitrogens with zero attached hydrogens (tertiary/aromatic N) is 1. The monoisotopic (exact) mass is 764 g/mol. The molecular formula is C41H40N4O7S2. The number of benzene rings is 4. The maximum atomic E-state index is 14.0. The van der Waals surface area contributed by atoms with Crippen LogP contribution in [0, 0.1) is 6.92 Å². The fourth-order valence-corrected chi connectivity index (χ4v) is 9.00. The first kappa shape index (κ1) is 38.1. The van der Waals surface area contributed by atoms with Crippen molar-refractivity contribution in [2.24, 2.45) is 0 Å². The molecule has 0 spiro atoms. The lowest BCUT2D eigenvalue weighted by atomic mass is 9.84. The lowest BCUT2D eigenvalue weighted by molar-refractivity contribution is -0.142. The van der Waals surface area contributed by atoms with Crippen LogP contribution in [0.4, 0.5) is 5.69 Å². The number of pyridine rings is 1. The minimum Gasteiger partial charge on any atom is -0.491 e. The molecule has 54 heavy (non-hydrogen) atoms. The standard InChI is InChI=1S/C41H40N4O7S2/c1-28-14-13-21-42-39(28)54(48,49)45-34-26-33(52-23-22-50-2)24-29-25-35(43-37(29)34)38(46)44-36(40(47)51-3)27-53-41(30-15-7-4-8-16-30,31-17-9-5-10-18-31)32-19-11-6-12-20-32/h4-21,24-26,36,43,45H,22-23,27H2,1-3H3,(H,44,46)/t36-/m1/s1. The Morgan fingerprint density at radius 3 is 2.00 bits per heavy atom. The molecule has 11 nitrogen and oxygen atoms in total. The summed E-state index contributed by atoms with van der Waals surface area (Å²) < 4.78 is 45.0. The molecule has 3 N–H and O–H groups in total. The number of nitrogens with one attached hydrogen (secondary N) is 3. The van der Waals surface area contributed by atoms with Gasteiger partial charge in [0.15, 0.2) is 5.03 Å². The Labute approximate surface area is 318 Å². The van der Waals surface area contributed by atoms with E-state index in [1.54, 1.807) is 38.3 Å². The third kappa shape index (κ3) is 8.28. The molecule has 6 aromatic rings. The molecule has 13 heteroatoms. The predicted octanol–water partition coefficient (Wildman–Crippen LogP) is 6.69. The van der Waals surface area contributed by atoms with Crippen LogP contribution in [0.5, 0.6) is 5.75 Å². The van der Waals surface area contributed by atoms with Gasteiger partial charge in [0.05, 0.1) is 29.7 Å². The number of amides is 1. The van der Waals surface area contributed by atoms with Crippen LogP contribution in [-0.2, 0) is 29.0 Å². The van der Waals surface area contributed by atoms with E-state index in [1.807, 2.05) is 54.6 Å². The van der Waals surface area contributed by atoms with E-state index in [1.165, 1.54) is 31.1 Å². The highest BCUT2D eigenvalue weighted by atomic mass is 32.2. The van der Waals surface area contributed by atoms with Crippen LogP contribution < -0.4 is 14.8 Å². The van der Waals surface area contributed by atoms with Gasteiger partial charge in [0.1, 0.15) is 24.1 Å². The van der Waals surface area contributed by atoms with Gasteiger partial charge in [0, 0.05) is 30.5 Å². The van der Waals surface area contributed by atoms with Gasteiger partial charge in [0.25, 0.3) is 15.9 Å². The SMILES string of the molecule is COCCOc1cc(NS(=O)(=O)c2ncccc2C)c2[nH]c(C(=O)N[C@H](CSC(c3ccccc3)(c3ccccc3)c3ccccc3)C(=O)OC)cc2c1. The first-order chi connectivity index (χ1) is 26.2. The molecule has 278 valence electrons. The number of carbonyl (C=O) groups excluding carboxylic acids is 2. The van der Waals surface area contributed by atoms with E-state index in [9.17, 15) is 18.0 Å². The normalized spacial score (nSPS) is 12.2. The molecule has 4 aromatic carbocycles. The van der Waals surface area contributed by atoms with Gasteiger partial charge in [-0.3, -0.25) is 9.52 Å². The first-order valence-electron chi connectivity index (χ1n) is 17.1. The third-order valence-corrected chi connectivity index (χ3v) is 11.8. The van der Waals surface area contributed by atoms with E-state index in [0.717, 1.165) is 16.7 Å². The first-order valence-corrected chi connectivity index (χ1v) is 19.6. The number of aromatic amines is 1. The minimum atomic E-state index is -4.14. The number of rotatable bonds is 16. The lowest BCUT2D eigenvalue weighted by Gasteiger charge is -2.36. The van der Waals surface area contributed by atoms with Crippen molar-refractivity contribution in [3.8, 4) is 5.75 Å². The molecular weight excluding hydrogens is 725 g/mol. The number of sulfonamides is 1. The number of hydrogen-bond acceptors (Lipinski definition) is 9. The number of carbonyl (C=O) groups is 2. The van der Waals surface area contributed by atoms with Crippen LogP contribution in [0.25, 0.3) is 10.9 Å². The van der Waals surface area contributed by atoms with Crippen LogP contribution in [0.3, 0.4) is 0 Å². The van der Waals surface area contributed by atoms with Gasteiger partial charge in [0.2, 0.25) is 0 Å². The average molecular weight is 765 g/mol. The zero-order chi connectivity index (χ0) is 38.1. The van der Waals surface area contributed by atoms with Gasteiger partial charge in [-0.25, -0.2) is 9.78 Å². The van der Waals surface area contributed by atoms with Gasteiger partial charge in [-0.1, -0.05) is 97.1 Å². The summed E-state index contributed by atoms with van der Waals surface area (Å²) in [5.74, 6) is -0.724. The predicted molar refractivity (Wildman–Crippen MR) is 210 cm³/mol. The van der Waals surface area contributed by atoms with Gasteiger partial charge < -0.3 is 24.5 Å². The quantitative estimate of drug-likeness (QED) is 0.0557. The van der Waals surface area contributed by atoms with Crippen LogP contribution >= 0.6 is 11.8 Å². The molecule has 0 saturated carbocycles. The number of hydrogen-bond donors (Lipinski definition) is 3. The zero-order valence-corrected chi connectivity index (χ0v) is 31.6. The van der Waals surface area contributed by atoms with Crippen molar-refractivity contribution in [1.82, 2.24) is 15.3 Å². The second-order valence-electron chi connectivity index (χ2n) is 12.3. The highest BCUT2D eigenvalue weighted by Crippen LogP contribution is 2.48. The van der Waals surface area contributed by atoms with Gasteiger partial charge >= 0.3 is 5.97 Å². The Morgan fingerprint density at radius 1 is 0.833 bits per heavy atom. The average Bonchev–Trinajstić information content (AvgIpc) is 3.64. The summed E-state index contributed by atoms with van der Waals surface area (Å²) in [6.07, 6.45) is 1.40. The van der Waals surface area contributed by atoms with E-state index < -0.39 is 32.7 Å². The van der Waals surface area contributed by atoms with Crippen LogP contribution in [0.15, 0.2) is 133 Å². The van der Waals surface area contributed by atoms with Crippen molar-refractivity contribution < 1.29 is 32.2 Å². The second kappa shape index (κ2) is 17.0. The van der Waals surface area contributed by atoms with Crippen molar-refractivity contribution in [2.45, 2.75) is 22.7 Å². The van der Waals surface area contributed by atoms with Crippen LogP contribution in [-0.4, -0.2) is 69.5 Å². The molecule has 0 saturated heterocycles. The summed E-state index contributed by atoms with van der Waals surface area (Å²) in [5, 5.41) is 3.22. The largest absolute Gasteiger partial charge is 0.491 e. The Hall–Kier alpha value is -5.63. The number of aryl methyl sites for hydroxylation is 1. The molecule has 0 bridgehead atoms. The smallest absolute Gasteiger partial charge is 0.329 e. The van der Waals surface area contributed by atoms with Crippen molar-refractivity contribution in [2.75, 3.05) is 37.9 Å². The number of aromatic nitrogens is 2. The topological polar surface area (TPSA) is 149 Å². The zero-order valence-electron chi connectivity index (χ0n) is 29.9. The number of methoxy groups -OCH3 is 2. The molecule has 1 atom stereocenters. The molecule has 0 aliphatic carbocycles. The van der Waals surface area contributed by atoms with E-state index in [4.69, 9.17) is 14.2 Å². The number of fused-ring (bicyclic) bond motifs is 1. The fraction of sp³-hybridized carbons (Fsp3) is 0.195. The molecule has 6 rings (SSSR count). The number of ether oxygens (including phenoxy) is 3. The maximum Gasteiger partial charge on any atom is 0.329 e. The Bertz CT molecular complexity index is 2220. The maximum absolute atomic E-state index is 14.0. The van der Waals surface area contributed by atoms with E-state index in [0.29, 0.717) is 28.8 Å². The highest BCUT2D eigenvalue weighted by Gasteiger charge is 2.39. The van der Waals surface area contributed by atoms with Gasteiger partial charge in [-0.2, -0.15) is 8.42 Å². The fourth-order valence-electron chi connectivity index (χ4n) is 6.22. The Balaban J connectivity index is 1.34. The molecule has 2 aromatic heterocycles. The van der Waals surface area contributed by atoms with Gasteiger partial charge in [-0.05, 0) is 47.4 Å². The molecule has 0 radical (unpaired) electrons. The van der Waals surface area contributed by atoms with Crippen molar-refractivity contribution >= 4 is 50.3 Å². The summed E-state index contributed by atoms with van der Waals surface area (Å²) >= 11 is 1.51. The summed E-state index contributed by atoms with van der Waals surface area (Å²) in [5.41, 5.74) is 4.02. The van der Waals surface area contributed by atoms with Gasteiger partial charge in [-0.15, -0.1) is 11.8 Å². The van der Waals surface area contributed by atoms with E-state index >= 15 is 0 Å². The van der Waals surface area contributed by atoms with Crippen molar-refractivity contribution in [1.29, 1.82) is 0 Å². The second-order valence-corrected chi connectivity index (χ2v) is 15.2. The molecule has 2 heterocycles. The van der Waals surface area contributed by atoms with Crippen molar-refractivity contribution in [3.05, 3.63) is 155 Å². The summed E-state index contributed by atoms with van der Waals surface area (Å²) in [6, 6.07) is 37.1. The van der Waals surface area contributed by atoms with Crippen molar-refractivity contribution in [3.63, 3.8) is 0 Å². The number of H-pyrrole nitrogens is 1. The minimum absolute atomic E-state index is 0.0906. The molecule has 0 aliphatic heterocycles. The summed E-state index contributed by atoms with van der Waals surface area (Å²) in [4.78, 5) is 34.5. The molecule has 0 aliphatic rings. The molecule has 1 amide bonds. The van der Waals surface area contributed by atoms with Crippen LogP contribution in [0.1, 0.15) is 32.7 Å². The van der Waals surface area contributed by atoms with E-state index in [-0.39, 0.29) is 28.8 Å². The highest BCUT2D eigenvalue weighted by molar-refractivity contribution is 8.00. The van der Waals surface area contributed by atoms with Crippen LogP contribution in [0.2, 0.25) is 0 Å². The summed E-state index contributed by atoms with van der Waals surface area (Å²) in [6.45, 7) is 2.17. The van der Waals surface area contributed by atoms with E-state index in [2.05, 4.69) is 56.4 Å². The number of anilines is 1. The Kier molecular flexibility index (Phi) is 12.0.